The summed E-state index contributed by atoms with van der Waals surface area (Å²) in [5.41, 5.74) is 2.55. The Balaban J connectivity index is 1.82. The van der Waals surface area contributed by atoms with Crippen molar-refractivity contribution < 1.29 is 19.1 Å². The van der Waals surface area contributed by atoms with Gasteiger partial charge in [0, 0.05) is 12.8 Å². The maximum atomic E-state index is 12.2. The fourth-order valence-corrected chi connectivity index (χ4v) is 3.18. The van der Waals surface area contributed by atoms with Crippen LogP contribution in [0.1, 0.15) is 51.4 Å². The number of hydrazine groups is 1. The van der Waals surface area contributed by atoms with Crippen molar-refractivity contribution in [2.75, 3.05) is 13.7 Å². The number of amides is 2. The second-order valence-electron chi connectivity index (χ2n) is 6.01. The van der Waals surface area contributed by atoms with Gasteiger partial charge in [0.25, 0.3) is 0 Å². The summed E-state index contributed by atoms with van der Waals surface area (Å²) in [4.78, 5) is 35.3. The Morgan fingerprint density at radius 2 is 2.00 bits per heavy atom. The van der Waals surface area contributed by atoms with Gasteiger partial charge in [-0.05, 0) is 12.3 Å². The molecule has 2 fully saturated rings. The molecule has 6 heteroatoms. The van der Waals surface area contributed by atoms with Gasteiger partial charge >= 0.3 is 5.97 Å². The van der Waals surface area contributed by atoms with E-state index in [4.69, 9.17) is 0 Å². The molecule has 2 amide bonds. The van der Waals surface area contributed by atoms with Gasteiger partial charge in [0.2, 0.25) is 11.8 Å². The fraction of sp³-hybridized carbons (Fsp3) is 0.800. The van der Waals surface area contributed by atoms with Gasteiger partial charge in [0.1, 0.15) is 0 Å². The fourth-order valence-electron chi connectivity index (χ4n) is 3.18. The van der Waals surface area contributed by atoms with Crippen LogP contribution in [0.3, 0.4) is 0 Å². The summed E-state index contributed by atoms with van der Waals surface area (Å²) in [6.07, 6.45) is 7.59. The smallest absolute Gasteiger partial charge is 0.311 e. The minimum atomic E-state index is -0.553. The Hall–Kier alpha value is -1.59. The zero-order valence-electron chi connectivity index (χ0n) is 12.6. The minimum Gasteiger partial charge on any atom is -0.469 e. The molecule has 1 N–H and O–H groups in total. The summed E-state index contributed by atoms with van der Waals surface area (Å²) in [5.74, 6) is -0.776. The average Bonchev–Trinajstić information content (AvgIpc) is 2.52. The first-order valence-corrected chi connectivity index (χ1v) is 7.78. The Morgan fingerprint density at radius 3 is 2.67 bits per heavy atom. The maximum Gasteiger partial charge on any atom is 0.311 e. The average molecular weight is 296 g/mol. The molecule has 1 saturated heterocycles. The lowest BCUT2D eigenvalue weighted by atomic mass is 9.86. The third-order valence-electron chi connectivity index (χ3n) is 4.42. The number of esters is 1. The summed E-state index contributed by atoms with van der Waals surface area (Å²) in [6, 6.07) is 0. The molecule has 6 nitrogen and oxygen atoms in total. The molecule has 1 unspecified atom stereocenters. The number of carbonyl (C=O) groups is 3. The van der Waals surface area contributed by atoms with Gasteiger partial charge in [0.05, 0.1) is 19.6 Å². The monoisotopic (exact) mass is 296 g/mol. The molecule has 2 aliphatic rings. The minimum absolute atomic E-state index is 0.0824. The van der Waals surface area contributed by atoms with Crippen molar-refractivity contribution in [3.8, 4) is 0 Å². The quantitative estimate of drug-likeness (QED) is 0.796. The van der Waals surface area contributed by atoms with E-state index in [9.17, 15) is 14.4 Å². The van der Waals surface area contributed by atoms with Crippen molar-refractivity contribution in [3.05, 3.63) is 0 Å². The molecule has 2 rings (SSSR count). The zero-order chi connectivity index (χ0) is 15.2. The highest BCUT2D eigenvalue weighted by molar-refractivity contribution is 5.88. The summed E-state index contributed by atoms with van der Waals surface area (Å²) in [6.45, 7) is 0.210. The molecule has 1 saturated carbocycles. The Labute approximate surface area is 125 Å². The lowest BCUT2D eigenvalue weighted by molar-refractivity contribution is -0.156. The van der Waals surface area contributed by atoms with Crippen LogP contribution in [-0.4, -0.2) is 36.4 Å². The molecular weight excluding hydrogens is 272 g/mol. The highest BCUT2D eigenvalue weighted by Gasteiger charge is 2.33. The first kappa shape index (κ1) is 15.8. The molecule has 0 aromatic heterocycles. The largest absolute Gasteiger partial charge is 0.469 e. The number of rotatable bonds is 4. The molecule has 0 spiro atoms. The van der Waals surface area contributed by atoms with E-state index in [1.54, 1.807) is 0 Å². The molecule has 0 bridgehead atoms. The number of hydrogen-bond acceptors (Lipinski definition) is 4. The number of ether oxygens (including phenoxy) is 1. The van der Waals surface area contributed by atoms with Crippen molar-refractivity contribution in [1.82, 2.24) is 10.4 Å². The van der Waals surface area contributed by atoms with Crippen LogP contribution >= 0.6 is 0 Å². The van der Waals surface area contributed by atoms with Crippen LogP contribution < -0.4 is 5.43 Å². The molecule has 0 aromatic carbocycles. The van der Waals surface area contributed by atoms with Crippen molar-refractivity contribution in [3.63, 3.8) is 0 Å². The number of methoxy groups -OCH3 is 1. The Morgan fingerprint density at radius 1 is 1.29 bits per heavy atom. The number of nitrogens with zero attached hydrogens (tertiary/aromatic N) is 1. The van der Waals surface area contributed by atoms with Gasteiger partial charge in [-0.2, -0.15) is 0 Å². The Bertz CT molecular complexity index is 404. The van der Waals surface area contributed by atoms with E-state index in [1.807, 2.05) is 0 Å². The van der Waals surface area contributed by atoms with Crippen molar-refractivity contribution in [2.24, 2.45) is 11.8 Å². The van der Waals surface area contributed by atoms with Crippen molar-refractivity contribution in [1.29, 1.82) is 0 Å². The molecule has 1 aliphatic heterocycles. The van der Waals surface area contributed by atoms with Crippen LogP contribution in [0.25, 0.3) is 0 Å². The molecule has 1 heterocycles. The second kappa shape index (κ2) is 7.43. The number of nitrogens with one attached hydrogen (secondary N) is 1. The summed E-state index contributed by atoms with van der Waals surface area (Å²) < 4.78 is 4.66. The molecule has 0 radical (unpaired) electrons. The third kappa shape index (κ3) is 4.44. The van der Waals surface area contributed by atoms with E-state index in [0.717, 1.165) is 6.42 Å². The lowest BCUT2D eigenvalue weighted by Gasteiger charge is -2.32. The van der Waals surface area contributed by atoms with Gasteiger partial charge in [-0.3, -0.25) is 24.8 Å². The van der Waals surface area contributed by atoms with Crippen LogP contribution in [-0.2, 0) is 19.1 Å². The second-order valence-corrected chi connectivity index (χ2v) is 6.01. The van der Waals surface area contributed by atoms with Gasteiger partial charge in [-0.25, -0.2) is 0 Å². The molecule has 118 valence electrons. The maximum absolute atomic E-state index is 12.2. The summed E-state index contributed by atoms with van der Waals surface area (Å²) in [7, 11) is 1.30. The standard InChI is InChI=1S/C15H24N2O4/c1-21-15(20)12-9-13(18)16-17(10-12)14(19)8-7-11-5-3-2-4-6-11/h11-12H,2-10H2,1H3,(H,16,18). The number of carbonyl (C=O) groups excluding carboxylic acids is 3. The highest BCUT2D eigenvalue weighted by Crippen LogP contribution is 2.27. The normalized spacial score (nSPS) is 23.6. The first-order chi connectivity index (χ1) is 10.1. The third-order valence-corrected chi connectivity index (χ3v) is 4.42. The molecule has 1 aliphatic carbocycles. The zero-order valence-corrected chi connectivity index (χ0v) is 12.6. The van der Waals surface area contributed by atoms with E-state index in [2.05, 4.69) is 10.2 Å². The SMILES string of the molecule is COC(=O)C1CC(=O)NN(C(=O)CCC2CCCCC2)C1. The highest BCUT2D eigenvalue weighted by atomic mass is 16.5. The van der Waals surface area contributed by atoms with E-state index in [1.165, 1.54) is 44.2 Å². The topological polar surface area (TPSA) is 75.7 Å². The van der Waals surface area contributed by atoms with Gasteiger partial charge in [0.15, 0.2) is 0 Å². The summed E-state index contributed by atoms with van der Waals surface area (Å²) in [5, 5.41) is 1.29. The molecular formula is C15H24N2O4. The van der Waals surface area contributed by atoms with Gasteiger partial charge in [-0.1, -0.05) is 32.1 Å². The van der Waals surface area contributed by atoms with E-state index in [-0.39, 0.29) is 24.8 Å². The predicted molar refractivity (Wildman–Crippen MR) is 75.8 cm³/mol. The Kier molecular flexibility index (Phi) is 5.59. The summed E-state index contributed by atoms with van der Waals surface area (Å²) >= 11 is 0. The molecule has 21 heavy (non-hydrogen) atoms. The van der Waals surface area contributed by atoms with Crippen LogP contribution in [0.15, 0.2) is 0 Å². The van der Waals surface area contributed by atoms with Crippen LogP contribution in [0.5, 0.6) is 0 Å². The molecule has 1 atom stereocenters. The van der Waals surface area contributed by atoms with Crippen LogP contribution in [0.4, 0.5) is 0 Å². The van der Waals surface area contributed by atoms with Crippen molar-refractivity contribution in [2.45, 2.75) is 51.4 Å². The van der Waals surface area contributed by atoms with Gasteiger partial charge < -0.3 is 4.74 Å². The van der Waals surface area contributed by atoms with Crippen LogP contribution in [0.2, 0.25) is 0 Å². The number of hydrogen-bond donors (Lipinski definition) is 1. The van der Waals surface area contributed by atoms with E-state index >= 15 is 0 Å². The van der Waals surface area contributed by atoms with Crippen LogP contribution in [0, 0.1) is 11.8 Å². The first-order valence-electron chi connectivity index (χ1n) is 7.78. The van der Waals surface area contributed by atoms with E-state index in [0.29, 0.717) is 12.3 Å². The van der Waals surface area contributed by atoms with Gasteiger partial charge in [-0.15, -0.1) is 0 Å². The van der Waals surface area contributed by atoms with Crippen molar-refractivity contribution >= 4 is 17.8 Å². The predicted octanol–water partition coefficient (Wildman–Crippen LogP) is 1.40. The lowest BCUT2D eigenvalue weighted by Crippen LogP contribution is -2.54. The van der Waals surface area contributed by atoms with E-state index < -0.39 is 11.9 Å². The molecule has 0 aromatic rings.